The van der Waals surface area contributed by atoms with Crippen molar-refractivity contribution in [3.8, 4) is 5.75 Å². The molecule has 2 N–H and O–H groups in total. The summed E-state index contributed by atoms with van der Waals surface area (Å²) in [5.74, 6) is 0.0922. The van der Waals surface area contributed by atoms with Crippen LogP contribution in [-0.4, -0.2) is 19.7 Å². The van der Waals surface area contributed by atoms with Crippen LogP contribution in [0.1, 0.15) is 44.0 Å². The zero-order chi connectivity index (χ0) is 16.5. The number of rotatable bonds is 7. The molecule has 0 bridgehead atoms. The van der Waals surface area contributed by atoms with Gasteiger partial charge in [0.1, 0.15) is 12.4 Å². The lowest BCUT2D eigenvalue weighted by molar-refractivity contribution is 0.0600. The van der Waals surface area contributed by atoms with Crippen LogP contribution in [0, 0.1) is 0 Å². The second-order valence-corrected chi connectivity index (χ2v) is 5.43. The van der Waals surface area contributed by atoms with Crippen molar-refractivity contribution < 1.29 is 14.3 Å². The molecule has 0 amide bonds. The van der Waals surface area contributed by atoms with E-state index in [1.54, 1.807) is 18.2 Å². The highest BCUT2D eigenvalue weighted by molar-refractivity contribution is 5.90. The Morgan fingerprint density at radius 3 is 2.59 bits per heavy atom. The maximum Gasteiger partial charge on any atom is 0.337 e. The monoisotopic (exact) mass is 303 g/mol. The molecule has 0 aliphatic rings. The molecule has 0 aliphatic carbocycles. The van der Waals surface area contributed by atoms with E-state index in [0.29, 0.717) is 23.6 Å². The van der Waals surface area contributed by atoms with Crippen molar-refractivity contribution in [3.63, 3.8) is 0 Å². The van der Waals surface area contributed by atoms with Gasteiger partial charge >= 0.3 is 5.97 Å². The van der Waals surface area contributed by atoms with Crippen LogP contribution in [0.15, 0.2) is 41.5 Å². The Kier molecular flexibility index (Phi) is 7.23. The molecular weight excluding hydrogens is 278 g/mol. The van der Waals surface area contributed by atoms with E-state index in [1.807, 2.05) is 6.08 Å². The molecule has 22 heavy (non-hydrogen) atoms. The molecule has 0 fully saturated rings. The topological polar surface area (TPSA) is 61.5 Å². The summed E-state index contributed by atoms with van der Waals surface area (Å²) in [7, 11) is 1.35. The van der Waals surface area contributed by atoms with Crippen LogP contribution in [0.3, 0.4) is 0 Å². The Morgan fingerprint density at radius 1 is 1.23 bits per heavy atom. The SMILES string of the molecule is COC(=O)c1ccc(N)c(OC/C=C(\C)CCC=C(C)C)c1. The van der Waals surface area contributed by atoms with Gasteiger partial charge in [-0.25, -0.2) is 4.79 Å². The number of carbonyl (C=O) groups is 1. The fraction of sp³-hybridized carbons (Fsp3) is 0.389. The van der Waals surface area contributed by atoms with E-state index in [1.165, 1.54) is 18.3 Å². The molecule has 1 aromatic rings. The molecule has 0 saturated heterocycles. The highest BCUT2D eigenvalue weighted by Crippen LogP contribution is 2.23. The van der Waals surface area contributed by atoms with Gasteiger partial charge in [0.2, 0.25) is 0 Å². The summed E-state index contributed by atoms with van der Waals surface area (Å²) >= 11 is 0. The van der Waals surface area contributed by atoms with Crippen LogP contribution in [0.4, 0.5) is 5.69 Å². The smallest absolute Gasteiger partial charge is 0.337 e. The van der Waals surface area contributed by atoms with Crippen LogP contribution in [-0.2, 0) is 4.74 Å². The van der Waals surface area contributed by atoms with Crippen LogP contribution in [0.2, 0.25) is 0 Å². The number of anilines is 1. The van der Waals surface area contributed by atoms with E-state index in [-0.39, 0.29) is 0 Å². The fourth-order valence-corrected chi connectivity index (χ4v) is 1.87. The van der Waals surface area contributed by atoms with Crippen LogP contribution >= 0.6 is 0 Å². The molecule has 0 spiro atoms. The lowest BCUT2D eigenvalue weighted by Crippen LogP contribution is -2.04. The third-order valence-electron chi connectivity index (χ3n) is 3.20. The first-order valence-corrected chi connectivity index (χ1v) is 7.33. The largest absolute Gasteiger partial charge is 0.487 e. The molecule has 0 radical (unpaired) electrons. The number of benzene rings is 1. The second-order valence-electron chi connectivity index (χ2n) is 5.43. The number of nitrogen functional groups attached to an aromatic ring is 1. The number of ether oxygens (including phenoxy) is 2. The normalized spacial score (nSPS) is 11.0. The van der Waals surface area contributed by atoms with Gasteiger partial charge in [0.25, 0.3) is 0 Å². The summed E-state index contributed by atoms with van der Waals surface area (Å²) in [6.45, 7) is 6.70. The second kappa shape index (κ2) is 8.93. The predicted molar refractivity (Wildman–Crippen MR) is 90.1 cm³/mol. The van der Waals surface area contributed by atoms with E-state index < -0.39 is 5.97 Å². The zero-order valence-electron chi connectivity index (χ0n) is 13.8. The molecule has 120 valence electrons. The number of esters is 1. The van der Waals surface area contributed by atoms with Gasteiger partial charge in [-0.3, -0.25) is 0 Å². The Labute approximate surface area is 132 Å². The minimum absolute atomic E-state index is 0.404. The highest BCUT2D eigenvalue weighted by Gasteiger charge is 2.08. The first-order valence-electron chi connectivity index (χ1n) is 7.33. The molecule has 0 aromatic heterocycles. The fourth-order valence-electron chi connectivity index (χ4n) is 1.87. The molecule has 0 aliphatic heterocycles. The van der Waals surface area contributed by atoms with Crippen LogP contribution in [0.25, 0.3) is 0 Å². The Balaban J connectivity index is 2.60. The summed E-state index contributed by atoms with van der Waals surface area (Å²) in [5, 5.41) is 0. The Hall–Kier alpha value is -2.23. The summed E-state index contributed by atoms with van der Waals surface area (Å²) in [6.07, 6.45) is 6.29. The van der Waals surface area contributed by atoms with Gasteiger partial charge in [-0.05, 0) is 57.9 Å². The maximum atomic E-state index is 11.5. The lowest BCUT2D eigenvalue weighted by Gasteiger charge is -2.09. The number of carbonyl (C=O) groups excluding carboxylic acids is 1. The van der Waals surface area contributed by atoms with Crippen molar-refractivity contribution in [3.05, 3.63) is 47.1 Å². The first kappa shape index (κ1) is 17.8. The van der Waals surface area contributed by atoms with Gasteiger partial charge in [0.05, 0.1) is 18.4 Å². The summed E-state index contributed by atoms with van der Waals surface area (Å²) < 4.78 is 10.3. The standard InChI is InChI=1S/C18H25NO3/c1-13(2)6-5-7-14(3)10-11-22-17-12-15(18(20)21-4)8-9-16(17)19/h6,8-10,12H,5,7,11,19H2,1-4H3/b14-10+. The summed E-state index contributed by atoms with van der Waals surface area (Å²) in [5.41, 5.74) is 9.38. The van der Waals surface area contributed by atoms with Gasteiger partial charge < -0.3 is 15.2 Å². The quantitative estimate of drug-likeness (QED) is 0.467. The van der Waals surface area contributed by atoms with E-state index in [9.17, 15) is 4.79 Å². The molecule has 0 atom stereocenters. The van der Waals surface area contributed by atoms with E-state index >= 15 is 0 Å². The maximum absolute atomic E-state index is 11.5. The summed E-state index contributed by atoms with van der Waals surface area (Å²) in [6, 6.07) is 4.87. The van der Waals surface area contributed by atoms with Crippen molar-refractivity contribution in [2.45, 2.75) is 33.6 Å². The minimum Gasteiger partial charge on any atom is -0.487 e. The van der Waals surface area contributed by atoms with Crippen molar-refractivity contribution in [2.24, 2.45) is 0 Å². The summed E-state index contributed by atoms with van der Waals surface area (Å²) in [4.78, 5) is 11.5. The molecule has 4 nitrogen and oxygen atoms in total. The number of allylic oxidation sites excluding steroid dienone is 3. The van der Waals surface area contributed by atoms with Gasteiger partial charge in [-0.2, -0.15) is 0 Å². The van der Waals surface area contributed by atoms with Crippen LogP contribution in [0.5, 0.6) is 5.75 Å². The highest BCUT2D eigenvalue weighted by atomic mass is 16.5. The molecule has 0 saturated carbocycles. The molecule has 1 rings (SSSR count). The van der Waals surface area contributed by atoms with Crippen molar-refractivity contribution in [1.29, 1.82) is 0 Å². The molecule has 0 heterocycles. The Bertz CT molecular complexity index is 570. The average Bonchev–Trinajstić information content (AvgIpc) is 2.48. The van der Waals surface area contributed by atoms with Crippen molar-refractivity contribution in [1.82, 2.24) is 0 Å². The third kappa shape index (κ3) is 6.04. The molecule has 4 heteroatoms. The lowest BCUT2D eigenvalue weighted by atomic mass is 10.1. The number of nitrogens with two attached hydrogens (primary N) is 1. The number of methoxy groups -OCH3 is 1. The number of hydrogen-bond acceptors (Lipinski definition) is 4. The molecular formula is C18H25NO3. The minimum atomic E-state index is -0.404. The molecule has 0 unspecified atom stereocenters. The zero-order valence-corrected chi connectivity index (χ0v) is 13.8. The average molecular weight is 303 g/mol. The van der Waals surface area contributed by atoms with Gasteiger partial charge in [0.15, 0.2) is 0 Å². The Morgan fingerprint density at radius 2 is 1.95 bits per heavy atom. The van der Waals surface area contributed by atoms with Gasteiger partial charge in [-0.1, -0.05) is 17.2 Å². The van der Waals surface area contributed by atoms with E-state index in [0.717, 1.165) is 12.8 Å². The van der Waals surface area contributed by atoms with E-state index in [2.05, 4.69) is 31.6 Å². The first-order chi connectivity index (χ1) is 10.4. The van der Waals surface area contributed by atoms with Crippen LogP contribution < -0.4 is 10.5 Å². The molecule has 1 aromatic carbocycles. The van der Waals surface area contributed by atoms with E-state index in [4.69, 9.17) is 10.5 Å². The predicted octanol–water partition coefficient (Wildman–Crippen LogP) is 4.13. The number of hydrogen-bond donors (Lipinski definition) is 1. The van der Waals surface area contributed by atoms with Gasteiger partial charge in [-0.15, -0.1) is 0 Å². The van der Waals surface area contributed by atoms with Crippen molar-refractivity contribution in [2.75, 3.05) is 19.5 Å². The third-order valence-corrected chi connectivity index (χ3v) is 3.20. The van der Waals surface area contributed by atoms with Crippen molar-refractivity contribution >= 4 is 11.7 Å². The van der Waals surface area contributed by atoms with Gasteiger partial charge in [0, 0.05) is 0 Å².